The standard InChI is InChI=1S/C14H19N3O3/c1-8-6-13(17(19)20)9(2)5-12(8)16-14(18)7-11(15)10-3-4-10/h5-6,10-11H,3-4,7,15H2,1-2H3,(H,16,18). The van der Waals surface area contributed by atoms with Crippen molar-refractivity contribution in [1.29, 1.82) is 0 Å². The Labute approximate surface area is 117 Å². The van der Waals surface area contributed by atoms with Crippen molar-refractivity contribution in [3.05, 3.63) is 33.4 Å². The van der Waals surface area contributed by atoms with Crippen LogP contribution in [0.4, 0.5) is 11.4 Å². The summed E-state index contributed by atoms with van der Waals surface area (Å²) in [6.07, 6.45) is 2.49. The normalized spacial score (nSPS) is 15.8. The molecule has 1 aromatic carbocycles. The van der Waals surface area contributed by atoms with Crippen LogP contribution in [-0.2, 0) is 4.79 Å². The number of hydrogen-bond acceptors (Lipinski definition) is 4. The molecule has 0 heterocycles. The largest absolute Gasteiger partial charge is 0.327 e. The van der Waals surface area contributed by atoms with Gasteiger partial charge in [0.25, 0.3) is 5.69 Å². The topological polar surface area (TPSA) is 98.3 Å². The molecule has 0 aromatic heterocycles. The van der Waals surface area contributed by atoms with Gasteiger partial charge in [0.2, 0.25) is 5.91 Å². The predicted molar refractivity (Wildman–Crippen MR) is 76.5 cm³/mol. The van der Waals surface area contributed by atoms with Gasteiger partial charge in [-0.15, -0.1) is 0 Å². The molecule has 1 aliphatic carbocycles. The number of aryl methyl sites for hydroxylation is 2. The smallest absolute Gasteiger partial charge is 0.272 e. The van der Waals surface area contributed by atoms with E-state index in [1.165, 1.54) is 6.07 Å². The summed E-state index contributed by atoms with van der Waals surface area (Å²) in [6.45, 7) is 3.39. The predicted octanol–water partition coefficient (Wildman–Crippen LogP) is 2.28. The molecule has 1 aromatic rings. The molecule has 0 radical (unpaired) electrons. The SMILES string of the molecule is Cc1cc([N+](=O)[O-])c(C)cc1NC(=O)CC(N)C1CC1. The van der Waals surface area contributed by atoms with Crippen molar-refractivity contribution < 1.29 is 9.72 Å². The second-order valence-corrected chi connectivity index (χ2v) is 5.46. The third-order valence-electron chi connectivity index (χ3n) is 3.66. The van der Waals surface area contributed by atoms with Crippen molar-refractivity contribution in [2.24, 2.45) is 11.7 Å². The van der Waals surface area contributed by atoms with Gasteiger partial charge in [-0.2, -0.15) is 0 Å². The minimum atomic E-state index is -0.420. The van der Waals surface area contributed by atoms with Crippen molar-refractivity contribution in [2.45, 2.75) is 39.2 Å². The number of nitro groups is 1. The zero-order valence-corrected chi connectivity index (χ0v) is 11.7. The lowest BCUT2D eigenvalue weighted by Gasteiger charge is -2.13. The van der Waals surface area contributed by atoms with E-state index in [-0.39, 0.29) is 17.6 Å². The van der Waals surface area contributed by atoms with E-state index < -0.39 is 4.92 Å². The molecule has 2 rings (SSSR count). The number of carbonyl (C=O) groups is 1. The first-order valence-corrected chi connectivity index (χ1v) is 6.69. The molecule has 3 N–H and O–H groups in total. The van der Waals surface area contributed by atoms with Crippen LogP contribution in [0.3, 0.4) is 0 Å². The summed E-state index contributed by atoms with van der Waals surface area (Å²) in [4.78, 5) is 22.3. The van der Waals surface area contributed by atoms with Crippen LogP contribution >= 0.6 is 0 Å². The molecule has 20 heavy (non-hydrogen) atoms. The van der Waals surface area contributed by atoms with Gasteiger partial charge >= 0.3 is 0 Å². The van der Waals surface area contributed by atoms with Crippen LogP contribution in [-0.4, -0.2) is 16.9 Å². The van der Waals surface area contributed by atoms with Crippen molar-refractivity contribution in [3.63, 3.8) is 0 Å². The van der Waals surface area contributed by atoms with Crippen molar-refractivity contribution in [2.75, 3.05) is 5.32 Å². The van der Waals surface area contributed by atoms with Crippen molar-refractivity contribution >= 4 is 17.3 Å². The first-order valence-electron chi connectivity index (χ1n) is 6.69. The summed E-state index contributed by atoms with van der Waals surface area (Å²) in [7, 11) is 0. The van der Waals surface area contributed by atoms with Crippen LogP contribution in [0, 0.1) is 29.9 Å². The summed E-state index contributed by atoms with van der Waals surface area (Å²) in [5.41, 5.74) is 7.80. The van der Waals surface area contributed by atoms with Gasteiger partial charge in [-0.1, -0.05) is 0 Å². The monoisotopic (exact) mass is 277 g/mol. The molecule has 0 spiro atoms. The molecule has 1 amide bonds. The van der Waals surface area contributed by atoms with Crippen LogP contribution in [0.25, 0.3) is 0 Å². The maximum absolute atomic E-state index is 11.9. The zero-order valence-electron chi connectivity index (χ0n) is 11.7. The maximum atomic E-state index is 11.9. The van der Waals surface area contributed by atoms with E-state index in [1.807, 2.05) is 0 Å². The highest BCUT2D eigenvalue weighted by Gasteiger charge is 2.29. The number of benzene rings is 1. The Bertz CT molecular complexity index is 553. The molecule has 108 valence electrons. The molecule has 1 aliphatic rings. The van der Waals surface area contributed by atoms with E-state index in [2.05, 4.69) is 5.32 Å². The van der Waals surface area contributed by atoms with Gasteiger partial charge in [-0.25, -0.2) is 0 Å². The number of rotatable bonds is 5. The molecule has 1 saturated carbocycles. The van der Waals surface area contributed by atoms with E-state index in [1.54, 1.807) is 19.9 Å². The number of amides is 1. The molecule has 6 heteroatoms. The Morgan fingerprint density at radius 2 is 2.10 bits per heavy atom. The fourth-order valence-corrected chi connectivity index (χ4v) is 2.24. The molecule has 0 bridgehead atoms. The second-order valence-electron chi connectivity index (χ2n) is 5.46. The van der Waals surface area contributed by atoms with Gasteiger partial charge in [0.1, 0.15) is 0 Å². The number of anilines is 1. The Kier molecular flexibility index (Phi) is 4.04. The first-order chi connectivity index (χ1) is 9.38. The number of carbonyl (C=O) groups excluding carboxylic acids is 1. The average Bonchev–Trinajstić information content (AvgIpc) is 3.16. The molecular weight excluding hydrogens is 258 g/mol. The van der Waals surface area contributed by atoms with Crippen LogP contribution in [0.2, 0.25) is 0 Å². The van der Waals surface area contributed by atoms with Gasteiger partial charge in [0, 0.05) is 29.8 Å². The number of nitrogens with two attached hydrogens (primary N) is 1. The quantitative estimate of drug-likeness (QED) is 0.637. The second kappa shape index (κ2) is 5.58. The van der Waals surface area contributed by atoms with E-state index in [0.29, 0.717) is 29.2 Å². The highest BCUT2D eigenvalue weighted by atomic mass is 16.6. The maximum Gasteiger partial charge on any atom is 0.272 e. The van der Waals surface area contributed by atoms with Crippen LogP contribution in [0.15, 0.2) is 12.1 Å². The van der Waals surface area contributed by atoms with E-state index >= 15 is 0 Å². The molecule has 1 atom stereocenters. The Morgan fingerprint density at radius 1 is 1.45 bits per heavy atom. The number of nitrogens with zero attached hydrogens (tertiary/aromatic N) is 1. The van der Waals surface area contributed by atoms with Gasteiger partial charge in [0.05, 0.1) is 4.92 Å². The molecule has 1 unspecified atom stereocenters. The summed E-state index contributed by atoms with van der Waals surface area (Å²) in [5, 5.41) is 13.6. The zero-order chi connectivity index (χ0) is 14.9. The van der Waals surface area contributed by atoms with Crippen molar-refractivity contribution in [3.8, 4) is 0 Å². The lowest BCUT2D eigenvalue weighted by Crippen LogP contribution is -2.29. The molecule has 0 saturated heterocycles. The third-order valence-corrected chi connectivity index (χ3v) is 3.66. The van der Waals surface area contributed by atoms with E-state index in [4.69, 9.17) is 5.73 Å². The van der Waals surface area contributed by atoms with Crippen molar-refractivity contribution in [1.82, 2.24) is 0 Å². The molecule has 1 fully saturated rings. The number of hydrogen-bond donors (Lipinski definition) is 2. The highest BCUT2D eigenvalue weighted by molar-refractivity contribution is 5.92. The fraction of sp³-hybridized carbons (Fsp3) is 0.500. The fourth-order valence-electron chi connectivity index (χ4n) is 2.24. The van der Waals surface area contributed by atoms with Crippen LogP contribution < -0.4 is 11.1 Å². The summed E-state index contributed by atoms with van der Waals surface area (Å²) >= 11 is 0. The summed E-state index contributed by atoms with van der Waals surface area (Å²) in [6, 6.07) is 3.02. The minimum Gasteiger partial charge on any atom is -0.327 e. The molecular formula is C14H19N3O3. The Hall–Kier alpha value is -1.95. The van der Waals surface area contributed by atoms with Gasteiger partial charge < -0.3 is 11.1 Å². The lowest BCUT2D eigenvalue weighted by molar-refractivity contribution is -0.385. The Morgan fingerprint density at radius 3 is 2.65 bits per heavy atom. The minimum absolute atomic E-state index is 0.0650. The third kappa shape index (κ3) is 3.33. The van der Waals surface area contributed by atoms with E-state index in [9.17, 15) is 14.9 Å². The van der Waals surface area contributed by atoms with E-state index in [0.717, 1.165) is 12.8 Å². The van der Waals surface area contributed by atoms with Crippen LogP contribution in [0.1, 0.15) is 30.4 Å². The summed E-state index contributed by atoms with van der Waals surface area (Å²) in [5.74, 6) is 0.334. The highest BCUT2D eigenvalue weighted by Crippen LogP contribution is 2.33. The molecule has 6 nitrogen and oxygen atoms in total. The molecule has 0 aliphatic heterocycles. The van der Waals surface area contributed by atoms with Gasteiger partial charge in [-0.05, 0) is 44.2 Å². The number of nitro benzene ring substituents is 1. The lowest BCUT2D eigenvalue weighted by atomic mass is 10.1. The number of nitrogens with one attached hydrogen (secondary N) is 1. The Balaban J connectivity index is 2.07. The van der Waals surface area contributed by atoms with Gasteiger partial charge in [0.15, 0.2) is 0 Å². The first kappa shape index (κ1) is 14.5. The van der Waals surface area contributed by atoms with Crippen LogP contribution in [0.5, 0.6) is 0 Å². The summed E-state index contributed by atoms with van der Waals surface area (Å²) < 4.78 is 0. The van der Waals surface area contributed by atoms with Gasteiger partial charge in [-0.3, -0.25) is 14.9 Å². The average molecular weight is 277 g/mol.